The first-order chi connectivity index (χ1) is 10.5. The van der Waals surface area contributed by atoms with Crippen molar-refractivity contribution in [3.63, 3.8) is 0 Å². The number of benzene rings is 1. The Morgan fingerprint density at radius 1 is 1.23 bits per heavy atom. The fourth-order valence-electron chi connectivity index (χ4n) is 2.10. The second-order valence-electron chi connectivity index (χ2n) is 4.86. The number of aryl methyl sites for hydroxylation is 1. The molecule has 5 heteroatoms. The van der Waals surface area contributed by atoms with Crippen molar-refractivity contribution >= 4 is 57.3 Å². The van der Waals surface area contributed by atoms with Gasteiger partial charge in [0.05, 0.1) is 15.4 Å². The molecule has 0 fully saturated rings. The molecule has 110 valence electrons. The van der Waals surface area contributed by atoms with Gasteiger partial charge in [-0.1, -0.05) is 35.3 Å². The zero-order valence-electron chi connectivity index (χ0n) is 11.6. The molecule has 0 saturated heterocycles. The summed E-state index contributed by atoms with van der Waals surface area (Å²) in [5.41, 5.74) is 2.68. The van der Waals surface area contributed by atoms with E-state index in [1.807, 2.05) is 31.2 Å². The van der Waals surface area contributed by atoms with Crippen LogP contribution in [0.25, 0.3) is 17.0 Å². The van der Waals surface area contributed by atoms with Gasteiger partial charge in [-0.25, -0.2) is 4.98 Å². The maximum absolute atomic E-state index is 12.1. The van der Waals surface area contributed by atoms with Gasteiger partial charge in [0.2, 0.25) is 0 Å². The maximum Gasteiger partial charge on any atom is 0.197 e. The Morgan fingerprint density at radius 2 is 2.05 bits per heavy atom. The van der Waals surface area contributed by atoms with Crippen LogP contribution in [0.4, 0.5) is 0 Å². The van der Waals surface area contributed by atoms with E-state index in [4.69, 9.17) is 23.2 Å². The molecule has 2 nitrogen and oxygen atoms in total. The molecule has 0 bridgehead atoms. The Balaban J connectivity index is 1.95. The molecule has 2 aromatic heterocycles. The first-order valence-corrected chi connectivity index (χ1v) is 8.20. The molecule has 3 aromatic rings. The lowest BCUT2D eigenvalue weighted by molar-refractivity contribution is 0.105. The first-order valence-electron chi connectivity index (χ1n) is 6.57. The lowest BCUT2D eigenvalue weighted by atomic mass is 10.1. The van der Waals surface area contributed by atoms with E-state index in [-0.39, 0.29) is 5.78 Å². The third-order valence-corrected chi connectivity index (χ3v) is 4.87. The van der Waals surface area contributed by atoms with Crippen LogP contribution in [0.1, 0.15) is 20.8 Å². The minimum atomic E-state index is -0.139. The van der Waals surface area contributed by atoms with Crippen molar-refractivity contribution in [3.8, 4) is 0 Å². The minimum absolute atomic E-state index is 0.139. The third-order valence-electron chi connectivity index (χ3n) is 3.21. The van der Waals surface area contributed by atoms with E-state index in [9.17, 15) is 4.79 Å². The normalized spacial score (nSPS) is 11.4. The van der Waals surface area contributed by atoms with E-state index >= 15 is 0 Å². The van der Waals surface area contributed by atoms with Gasteiger partial charge < -0.3 is 0 Å². The van der Waals surface area contributed by atoms with Gasteiger partial charge in [-0.2, -0.15) is 0 Å². The van der Waals surface area contributed by atoms with E-state index < -0.39 is 0 Å². The van der Waals surface area contributed by atoms with Crippen molar-refractivity contribution in [2.45, 2.75) is 6.92 Å². The smallest absolute Gasteiger partial charge is 0.197 e. The summed E-state index contributed by atoms with van der Waals surface area (Å²) in [6, 6.07) is 9.61. The lowest BCUT2D eigenvalue weighted by Gasteiger charge is -2.03. The van der Waals surface area contributed by atoms with Gasteiger partial charge in [-0.3, -0.25) is 4.79 Å². The molecule has 0 N–H and O–H groups in total. The molecule has 0 spiro atoms. The average molecular weight is 348 g/mol. The van der Waals surface area contributed by atoms with Crippen LogP contribution in [0, 0.1) is 6.92 Å². The Labute approximate surface area is 142 Å². The number of carbonyl (C=O) groups is 1. The summed E-state index contributed by atoms with van der Waals surface area (Å²) < 4.78 is 0. The monoisotopic (exact) mass is 347 g/mol. The fraction of sp³-hybridized carbons (Fsp3) is 0.0588. The minimum Gasteiger partial charge on any atom is -0.288 e. The lowest BCUT2D eigenvalue weighted by Crippen LogP contribution is -1.91. The van der Waals surface area contributed by atoms with Crippen LogP contribution in [0.2, 0.25) is 10.2 Å². The fourth-order valence-corrected chi connectivity index (χ4v) is 3.38. The summed E-state index contributed by atoms with van der Waals surface area (Å²) in [4.78, 5) is 17.0. The largest absolute Gasteiger partial charge is 0.288 e. The zero-order valence-corrected chi connectivity index (χ0v) is 14.0. The highest BCUT2D eigenvalue weighted by molar-refractivity contribution is 7.13. The number of nitrogens with zero attached hydrogens (tertiary/aromatic N) is 1. The molecule has 2 heterocycles. The van der Waals surface area contributed by atoms with Crippen LogP contribution in [-0.4, -0.2) is 10.8 Å². The summed E-state index contributed by atoms with van der Waals surface area (Å²) in [5, 5.41) is 3.62. The van der Waals surface area contributed by atoms with Crippen LogP contribution >= 0.6 is 34.5 Å². The van der Waals surface area contributed by atoms with Crippen LogP contribution < -0.4 is 0 Å². The third kappa shape index (κ3) is 3.07. The van der Waals surface area contributed by atoms with Crippen molar-refractivity contribution in [2.24, 2.45) is 0 Å². The SMILES string of the molecule is Cc1ccc2cc(/C=C/C(=O)c3sccc3Cl)c(Cl)nc2c1. The van der Waals surface area contributed by atoms with Gasteiger partial charge in [0.25, 0.3) is 0 Å². The van der Waals surface area contributed by atoms with E-state index in [0.717, 1.165) is 16.5 Å². The molecule has 22 heavy (non-hydrogen) atoms. The number of halogens is 2. The van der Waals surface area contributed by atoms with E-state index in [1.54, 1.807) is 17.5 Å². The molecule has 0 unspecified atom stereocenters. The number of hydrogen-bond donors (Lipinski definition) is 0. The molecule has 3 rings (SSSR count). The highest BCUT2D eigenvalue weighted by Gasteiger charge is 2.09. The molecular weight excluding hydrogens is 337 g/mol. The van der Waals surface area contributed by atoms with Crippen molar-refractivity contribution in [3.05, 3.63) is 68.0 Å². The quantitative estimate of drug-likeness (QED) is 0.340. The standard InChI is InChI=1S/C17H11Cl2NOS/c1-10-2-3-11-9-12(17(19)20-14(11)8-10)4-5-15(21)16-13(18)6-7-22-16/h2-9H,1H3/b5-4+. The summed E-state index contributed by atoms with van der Waals surface area (Å²) in [7, 11) is 0. The molecule has 0 aliphatic heterocycles. The summed E-state index contributed by atoms with van der Waals surface area (Å²) in [6.45, 7) is 2.01. The summed E-state index contributed by atoms with van der Waals surface area (Å²) in [6.07, 6.45) is 3.15. The molecule has 1 aromatic carbocycles. The second-order valence-corrected chi connectivity index (χ2v) is 6.54. The number of hydrogen-bond acceptors (Lipinski definition) is 3. The second kappa shape index (κ2) is 6.21. The molecular formula is C17H11Cl2NOS. The number of thiophene rings is 1. The molecule has 0 aliphatic rings. The Bertz CT molecular complexity index is 899. The summed E-state index contributed by atoms with van der Waals surface area (Å²) in [5.74, 6) is -0.139. The Morgan fingerprint density at radius 3 is 2.77 bits per heavy atom. The predicted molar refractivity (Wildman–Crippen MR) is 94.2 cm³/mol. The number of rotatable bonds is 3. The predicted octanol–water partition coefficient (Wildman–Crippen LogP) is 5.81. The molecule has 0 saturated carbocycles. The number of ketones is 1. The van der Waals surface area contributed by atoms with Gasteiger partial charge in [0, 0.05) is 10.9 Å². The number of aromatic nitrogens is 1. The number of pyridine rings is 1. The van der Waals surface area contributed by atoms with Crippen LogP contribution in [-0.2, 0) is 0 Å². The number of allylic oxidation sites excluding steroid dienone is 1. The zero-order chi connectivity index (χ0) is 15.7. The van der Waals surface area contributed by atoms with E-state index in [2.05, 4.69) is 4.98 Å². The van der Waals surface area contributed by atoms with E-state index in [0.29, 0.717) is 20.6 Å². The highest BCUT2D eigenvalue weighted by Crippen LogP contribution is 2.25. The van der Waals surface area contributed by atoms with Gasteiger partial charge in [-0.05, 0) is 48.2 Å². The molecule has 0 atom stereocenters. The Kier molecular flexibility index (Phi) is 4.30. The molecule has 0 amide bonds. The van der Waals surface area contributed by atoms with Crippen molar-refractivity contribution in [1.82, 2.24) is 4.98 Å². The van der Waals surface area contributed by atoms with Gasteiger partial charge in [0.1, 0.15) is 5.15 Å². The first kappa shape index (κ1) is 15.2. The molecule has 0 aliphatic carbocycles. The van der Waals surface area contributed by atoms with Gasteiger partial charge in [-0.15, -0.1) is 11.3 Å². The van der Waals surface area contributed by atoms with Crippen LogP contribution in [0.15, 0.2) is 41.8 Å². The maximum atomic E-state index is 12.1. The van der Waals surface area contributed by atoms with Crippen molar-refractivity contribution < 1.29 is 4.79 Å². The van der Waals surface area contributed by atoms with Crippen LogP contribution in [0.5, 0.6) is 0 Å². The highest BCUT2D eigenvalue weighted by atomic mass is 35.5. The number of carbonyl (C=O) groups excluding carboxylic acids is 1. The van der Waals surface area contributed by atoms with Crippen molar-refractivity contribution in [1.29, 1.82) is 0 Å². The average Bonchev–Trinajstić information content (AvgIpc) is 2.91. The van der Waals surface area contributed by atoms with E-state index in [1.165, 1.54) is 17.4 Å². The van der Waals surface area contributed by atoms with Crippen LogP contribution in [0.3, 0.4) is 0 Å². The number of fused-ring (bicyclic) bond motifs is 1. The van der Waals surface area contributed by atoms with Gasteiger partial charge >= 0.3 is 0 Å². The summed E-state index contributed by atoms with van der Waals surface area (Å²) >= 11 is 13.5. The van der Waals surface area contributed by atoms with Gasteiger partial charge in [0.15, 0.2) is 5.78 Å². The topological polar surface area (TPSA) is 30.0 Å². The molecule has 0 radical (unpaired) electrons. The Hall–Kier alpha value is -1.68. The van der Waals surface area contributed by atoms with Crippen molar-refractivity contribution in [2.75, 3.05) is 0 Å².